The van der Waals surface area contributed by atoms with Crippen LogP contribution in [0.25, 0.3) is 0 Å². The lowest BCUT2D eigenvalue weighted by atomic mass is 9.72. The fourth-order valence-electron chi connectivity index (χ4n) is 5.12. The van der Waals surface area contributed by atoms with Gasteiger partial charge in [0.05, 0.1) is 0 Å². The van der Waals surface area contributed by atoms with Crippen molar-refractivity contribution >= 4 is 11.6 Å². The normalized spacial score (nSPS) is 23.3. The molecule has 0 aromatic carbocycles. The third-order valence-corrected chi connectivity index (χ3v) is 7.77. The van der Waals surface area contributed by atoms with Crippen molar-refractivity contribution in [2.24, 2.45) is 22.2 Å². The Morgan fingerprint density at radius 3 is 1.59 bits per heavy atom. The lowest BCUT2D eigenvalue weighted by molar-refractivity contribution is -0.132. The smallest absolute Gasteiger partial charge is 0.144 e. The van der Waals surface area contributed by atoms with E-state index in [-0.39, 0.29) is 10.8 Å². The molecule has 1 atom stereocenters. The molecule has 2 aliphatic carbocycles. The van der Waals surface area contributed by atoms with Gasteiger partial charge in [0.25, 0.3) is 0 Å². The van der Waals surface area contributed by atoms with Crippen molar-refractivity contribution in [1.82, 2.24) is 0 Å². The van der Waals surface area contributed by atoms with Crippen LogP contribution in [-0.4, -0.2) is 11.6 Å². The third kappa shape index (κ3) is 12.0. The van der Waals surface area contributed by atoms with Crippen molar-refractivity contribution in [3.8, 4) is 0 Å². The van der Waals surface area contributed by atoms with Crippen LogP contribution < -0.4 is 0 Å². The predicted molar refractivity (Wildman–Crippen MR) is 141 cm³/mol. The zero-order valence-electron chi connectivity index (χ0n) is 23.5. The molecule has 190 valence electrons. The number of carbonyl (C=O) groups excluding carboxylic acids is 2. The van der Waals surface area contributed by atoms with Crippen LogP contribution in [0.2, 0.25) is 0 Å². The van der Waals surface area contributed by atoms with Crippen LogP contribution in [0.3, 0.4) is 0 Å². The third-order valence-electron chi connectivity index (χ3n) is 7.77. The lowest BCUT2D eigenvalue weighted by Gasteiger charge is -2.33. The molecule has 32 heavy (non-hydrogen) atoms. The highest BCUT2D eigenvalue weighted by atomic mass is 16.1. The Morgan fingerprint density at radius 2 is 1.22 bits per heavy atom. The van der Waals surface area contributed by atoms with E-state index < -0.39 is 0 Å². The van der Waals surface area contributed by atoms with Crippen LogP contribution >= 0.6 is 0 Å². The molecule has 0 saturated heterocycles. The zero-order valence-corrected chi connectivity index (χ0v) is 23.5. The minimum absolute atomic E-state index is 0.00132. The summed E-state index contributed by atoms with van der Waals surface area (Å²) in [7, 11) is 0. The van der Waals surface area contributed by atoms with Gasteiger partial charge in [-0.2, -0.15) is 0 Å². The van der Waals surface area contributed by atoms with E-state index in [4.69, 9.17) is 0 Å². The van der Waals surface area contributed by atoms with Gasteiger partial charge in [-0.05, 0) is 43.4 Å². The molecule has 0 radical (unpaired) electrons. The van der Waals surface area contributed by atoms with Crippen LogP contribution in [0.5, 0.6) is 0 Å². The molecule has 0 aromatic heterocycles. The van der Waals surface area contributed by atoms with Gasteiger partial charge in [0.1, 0.15) is 11.6 Å². The fraction of sp³-hybridized carbons (Fsp3) is 0.933. The number of hydrogen-bond donors (Lipinski definition) is 0. The van der Waals surface area contributed by atoms with E-state index in [0.29, 0.717) is 17.0 Å². The molecule has 0 heterocycles. The standard InChI is InChI=1S/C13H24O.C10H18O.C7H16/c1-5-6-7-8-13(4)10-9-12(2,3)11(13)14;1-10(2,3)8-4-6-9(11)7-5-8;1-3-5-7-6-4-2/h5-10H2,1-4H3;8H,4-7H2,1-3H3;3-7H2,1-2H3. The van der Waals surface area contributed by atoms with Gasteiger partial charge in [0, 0.05) is 23.7 Å². The molecule has 2 nitrogen and oxygen atoms in total. The SMILES string of the molecule is CC(C)(C)C1CCC(=O)CC1.CCCCCC1(C)CCC(C)(C)C1=O.CCCCCCC. The van der Waals surface area contributed by atoms with E-state index in [2.05, 4.69) is 62.3 Å². The van der Waals surface area contributed by atoms with Crippen molar-refractivity contribution in [1.29, 1.82) is 0 Å². The number of unbranched alkanes of at least 4 members (excludes halogenated alkanes) is 6. The average molecular weight is 451 g/mol. The Bertz CT molecular complexity index is 511. The van der Waals surface area contributed by atoms with Crippen molar-refractivity contribution in [3.63, 3.8) is 0 Å². The van der Waals surface area contributed by atoms with Gasteiger partial charge < -0.3 is 0 Å². The number of Topliss-reactive ketones (excluding diaryl/α,β-unsaturated/α-hetero) is 2. The highest BCUT2D eigenvalue weighted by Gasteiger charge is 2.47. The first kappa shape index (κ1) is 31.3. The maximum atomic E-state index is 12.1. The lowest BCUT2D eigenvalue weighted by Crippen LogP contribution is -2.29. The largest absolute Gasteiger partial charge is 0.300 e. The topological polar surface area (TPSA) is 34.1 Å². The summed E-state index contributed by atoms with van der Waals surface area (Å²) >= 11 is 0. The van der Waals surface area contributed by atoms with Crippen LogP contribution in [0.1, 0.15) is 159 Å². The van der Waals surface area contributed by atoms with Gasteiger partial charge >= 0.3 is 0 Å². The second-order valence-corrected chi connectivity index (χ2v) is 12.5. The number of carbonyl (C=O) groups is 2. The van der Waals surface area contributed by atoms with Crippen molar-refractivity contribution in [3.05, 3.63) is 0 Å². The summed E-state index contributed by atoms with van der Waals surface area (Å²) in [5.41, 5.74) is 0.348. The van der Waals surface area contributed by atoms with E-state index in [0.717, 1.165) is 50.9 Å². The van der Waals surface area contributed by atoms with Crippen LogP contribution in [-0.2, 0) is 9.59 Å². The zero-order chi connectivity index (χ0) is 24.8. The first-order chi connectivity index (χ1) is 14.8. The summed E-state index contributed by atoms with van der Waals surface area (Å²) in [6, 6.07) is 0. The molecular formula is C30H58O2. The van der Waals surface area contributed by atoms with Crippen LogP contribution in [0, 0.1) is 22.2 Å². The molecule has 2 aliphatic rings. The fourth-order valence-corrected chi connectivity index (χ4v) is 5.12. The molecule has 0 aromatic rings. The number of ketones is 2. The summed E-state index contributed by atoms with van der Waals surface area (Å²) in [5, 5.41) is 0. The Hall–Kier alpha value is -0.660. The predicted octanol–water partition coefficient (Wildman–Crippen LogP) is 9.73. The van der Waals surface area contributed by atoms with E-state index in [9.17, 15) is 9.59 Å². The molecule has 1 unspecified atom stereocenters. The van der Waals surface area contributed by atoms with E-state index in [1.807, 2.05) is 0 Å². The summed E-state index contributed by atoms with van der Waals surface area (Å²) < 4.78 is 0. The van der Waals surface area contributed by atoms with E-state index in [1.165, 1.54) is 51.4 Å². The van der Waals surface area contributed by atoms with Crippen LogP contribution in [0.15, 0.2) is 0 Å². The summed E-state index contributed by atoms with van der Waals surface area (Å²) in [5.74, 6) is 1.73. The summed E-state index contributed by atoms with van der Waals surface area (Å²) in [6.07, 6.45) is 17.9. The van der Waals surface area contributed by atoms with Gasteiger partial charge in [-0.3, -0.25) is 9.59 Å². The maximum absolute atomic E-state index is 12.1. The van der Waals surface area contributed by atoms with Gasteiger partial charge in [0.2, 0.25) is 0 Å². The second kappa shape index (κ2) is 15.3. The molecular weight excluding hydrogens is 392 g/mol. The maximum Gasteiger partial charge on any atom is 0.144 e. The Balaban J connectivity index is 0.000000478. The highest BCUT2D eigenvalue weighted by molar-refractivity contribution is 5.91. The van der Waals surface area contributed by atoms with Crippen molar-refractivity contribution < 1.29 is 9.59 Å². The molecule has 2 rings (SSSR count). The van der Waals surface area contributed by atoms with E-state index in [1.54, 1.807) is 0 Å². The van der Waals surface area contributed by atoms with Gasteiger partial charge in [-0.1, -0.05) is 114 Å². The molecule has 2 fully saturated rings. The highest BCUT2D eigenvalue weighted by Crippen LogP contribution is 2.48. The Morgan fingerprint density at radius 1 is 0.750 bits per heavy atom. The molecule has 2 heteroatoms. The quantitative estimate of drug-likeness (QED) is 0.345. The molecule has 0 aliphatic heterocycles. The average Bonchev–Trinajstić information content (AvgIpc) is 2.93. The molecule has 0 N–H and O–H groups in total. The first-order valence-corrected chi connectivity index (χ1v) is 13.9. The molecule has 2 saturated carbocycles. The summed E-state index contributed by atoms with van der Waals surface area (Å²) in [4.78, 5) is 23.1. The molecule has 0 bridgehead atoms. The van der Waals surface area contributed by atoms with Gasteiger partial charge in [-0.25, -0.2) is 0 Å². The monoisotopic (exact) mass is 450 g/mol. The van der Waals surface area contributed by atoms with Gasteiger partial charge in [0.15, 0.2) is 0 Å². The van der Waals surface area contributed by atoms with Crippen molar-refractivity contribution in [2.45, 2.75) is 159 Å². The minimum Gasteiger partial charge on any atom is -0.300 e. The van der Waals surface area contributed by atoms with Gasteiger partial charge in [-0.15, -0.1) is 0 Å². The van der Waals surface area contributed by atoms with E-state index >= 15 is 0 Å². The second-order valence-electron chi connectivity index (χ2n) is 12.5. The number of rotatable bonds is 8. The Kier molecular flexibility index (Phi) is 15.0. The molecule has 0 amide bonds. The summed E-state index contributed by atoms with van der Waals surface area (Å²) in [6.45, 7) is 19.9. The molecule has 0 spiro atoms. The minimum atomic E-state index is -0.0546. The number of hydrogen-bond acceptors (Lipinski definition) is 2. The Labute approximate surface area is 202 Å². The van der Waals surface area contributed by atoms with Crippen molar-refractivity contribution in [2.75, 3.05) is 0 Å². The van der Waals surface area contributed by atoms with Crippen LogP contribution in [0.4, 0.5) is 0 Å². The first-order valence-electron chi connectivity index (χ1n) is 13.9.